The molecule has 0 radical (unpaired) electrons. The minimum absolute atomic E-state index is 0.0193. The van der Waals surface area contributed by atoms with Crippen LogP contribution in [0.1, 0.15) is 22.3 Å². The Kier molecular flexibility index (Phi) is 6.20. The van der Waals surface area contributed by atoms with Crippen molar-refractivity contribution in [3.63, 3.8) is 0 Å². The molecule has 3 rings (SSSR count). The molecule has 0 saturated heterocycles. The van der Waals surface area contributed by atoms with Crippen LogP contribution >= 0.6 is 0 Å². The van der Waals surface area contributed by atoms with Crippen molar-refractivity contribution in [2.24, 2.45) is 0 Å². The topological polar surface area (TPSA) is 94.9 Å². The Hall–Kier alpha value is -3.16. The Morgan fingerprint density at radius 2 is 1.81 bits per heavy atom. The van der Waals surface area contributed by atoms with E-state index in [2.05, 4.69) is 15.0 Å². The molecule has 0 bridgehead atoms. The molecule has 1 heterocycles. The van der Waals surface area contributed by atoms with E-state index in [-0.39, 0.29) is 24.5 Å². The van der Waals surface area contributed by atoms with Gasteiger partial charge in [0.2, 0.25) is 10.0 Å². The lowest BCUT2D eigenvalue weighted by atomic mass is 10.0. The zero-order valence-corrected chi connectivity index (χ0v) is 17.5. The number of aromatic nitrogens is 1. The summed E-state index contributed by atoms with van der Waals surface area (Å²) in [6.45, 7) is 3.67. The summed E-state index contributed by atoms with van der Waals surface area (Å²) in [5.74, 6) is 0.276. The first kappa shape index (κ1) is 22.5. The molecule has 6 nitrogen and oxygen atoms in total. The number of hydrogen-bond acceptors (Lipinski definition) is 5. The van der Waals surface area contributed by atoms with Crippen LogP contribution in [0, 0.1) is 25.2 Å². The van der Waals surface area contributed by atoms with E-state index in [1.54, 1.807) is 6.07 Å². The average Bonchev–Trinajstić information content (AvgIpc) is 2.73. The van der Waals surface area contributed by atoms with Gasteiger partial charge in [-0.3, -0.25) is 0 Å². The minimum atomic E-state index is -4.80. The number of hydrogen-bond donors (Lipinski definition) is 2. The molecule has 31 heavy (non-hydrogen) atoms. The summed E-state index contributed by atoms with van der Waals surface area (Å²) in [5, 5.41) is 13.1. The standard InChI is InChI=1S/C21H19F3N4O2S/c1-13-7-8-15-11-16(12-25)20(28-19(15)14(13)2)26-9-10-27-31(29,30)18-6-4-3-5-17(18)21(22,23)24/h3-8,11,27H,9-10H2,1-2H3,(H,26,28). The molecular weight excluding hydrogens is 429 g/mol. The van der Waals surface area contributed by atoms with E-state index in [1.807, 2.05) is 32.0 Å². The van der Waals surface area contributed by atoms with Gasteiger partial charge < -0.3 is 5.32 Å². The fourth-order valence-corrected chi connectivity index (χ4v) is 4.34. The highest BCUT2D eigenvalue weighted by molar-refractivity contribution is 7.89. The number of anilines is 1. The maximum atomic E-state index is 13.1. The van der Waals surface area contributed by atoms with E-state index in [4.69, 9.17) is 0 Å². The number of nitriles is 1. The molecule has 0 aliphatic rings. The summed E-state index contributed by atoms with van der Waals surface area (Å²) in [6.07, 6.45) is -4.80. The van der Waals surface area contributed by atoms with Crippen molar-refractivity contribution in [3.05, 3.63) is 64.7 Å². The zero-order chi connectivity index (χ0) is 22.8. The van der Waals surface area contributed by atoms with Gasteiger partial charge in [-0.05, 0) is 43.2 Å². The van der Waals surface area contributed by atoms with Crippen LogP contribution < -0.4 is 10.0 Å². The summed E-state index contributed by atoms with van der Waals surface area (Å²) < 4.78 is 66.3. The minimum Gasteiger partial charge on any atom is -0.368 e. The molecular formula is C21H19F3N4O2S. The molecule has 3 aromatic rings. The number of rotatable bonds is 6. The number of nitrogens with zero attached hydrogens (tertiary/aromatic N) is 2. The van der Waals surface area contributed by atoms with Crippen LogP contribution in [-0.2, 0) is 16.2 Å². The molecule has 1 aromatic heterocycles. The van der Waals surface area contributed by atoms with Crippen molar-refractivity contribution in [2.75, 3.05) is 18.4 Å². The van der Waals surface area contributed by atoms with Gasteiger partial charge in [0, 0.05) is 18.5 Å². The zero-order valence-electron chi connectivity index (χ0n) is 16.7. The number of aryl methyl sites for hydroxylation is 2. The molecule has 2 aromatic carbocycles. The Labute approximate surface area is 177 Å². The molecule has 0 spiro atoms. The van der Waals surface area contributed by atoms with Crippen molar-refractivity contribution >= 4 is 26.7 Å². The third kappa shape index (κ3) is 4.78. The van der Waals surface area contributed by atoms with E-state index in [0.717, 1.165) is 34.7 Å². The van der Waals surface area contributed by atoms with Crippen molar-refractivity contribution < 1.29 is 21.6 Å². The second-order valence-corrected chi connectivity index (χ2v) is 8.63. The van der Waals surface area contributed by atoms with Crippen molar-refractivity contribution in [2.45, 2.75) is 24.9 Å². The first-order chi connectivity index (χ1) is 14.5. The second kappa shape index (κ2) is 8.53. The molecule has 162 valence electrons. The van der Waals surface area contributed by atoms with Crippen molar-refractivity contribution in [1.82, 2.24) is 9.71 Å². The molecule has 0 aliphatic carbocycles. The van der Waals surface area contributed by atoms with Gasteiger partial charge in [0.15, 0.2) is 0 Å². The van der Waals surface area contributed by atoms with Crippen molar-refractivity contribution in [3.8, 4) is 6.07 Å². The predicted octanol–water partition coefficient (Wildman–Crippen LogP) is 4.13. The van der Waals surface area contributed by atoms with Gasteiger partial charge in [0.05, 0.1) is 21.5 Å². The number of halogens is 3. The second-order valence-electron chi connectivity index (χ2n) is 6.89. The van der Waals surface area contributed by atoms with Gasteiger partial charge in [-0.15, -0.1) is 0 Å². The summed E-state index contributed by atoms with van der Waals surface area (Å²) in [5.41, 5.74) is 1.74. The van der Waals surface area contributed by atoms with E-state index in [0.29, 0.717) is 5.52 Å². The first-order valence-electron chi connectivity index (χ1n) is 9.25. The van der Waals surface area contributed by atoms with Crippen LogP contribution in [0.3, 0.4) is 0 Å². The summed E-state index contributed by atoms with van der Waals surface area (Å²) in [6, 6.07) is 11.5. The third-order valence-corrected chi connectivity index (χ3v) is 6.34. The van der Waals surface area contributed by atoms with Gasteiger partial charge >= 0.3 is 6.18 Å². The SMILES string of the molecule is Cc1ccc2cc(C#N)c(NCCNS(=O)(=O)c3ccccc3C(F)(F)F)nc2c1C. The largest absolute Gasteiger partial charge is 0.417 e. The molecule has 2 N–H and O–H groups in total. The number of pyridine rings is 1. The van der Waals surface area contributed by atoms with Crippen molar-refractivity contribution in [1.29, 1.82) is 5.26 Å². The summed E-state index contributed by atoms with van der Waals surface area (Å²) in [4.78, 5) is 3.65. The summed E-state index contributed by atoms with van der Waals surface area (Å²) >= 11 is 0. The molecule has 0 unspecified atom stereocenters. The van der Waals surface area contributed by atoms with E-state index in [1.165, 1.54) is 6.07 Å². The van der Waals surface area contributed by atoms with Gasteiger partial charge in [0.25, 0.3) is 0 Å². The first-order valence-corrected chi connectivity index (χ1v) is 10.7. The monoisotopic (exact) mass is 448 g/mol. The lowest BCUT2D eigenvalue weighted by Gasteiger charge is -2.14. The molecule has 0 fully saturated rings. The lowest BCUT2D eigenvalue weighted by Crippen LogP contribution is -2.30. The fraction of sp³-hybridized carbons (Fsp3) is 0.238. The van der Waals surface area contributed by atoms with E-state index in [9.17, 15) is 26.9 Å². The number of alkyl halides is 3. The number of fused-ring (bicyclic) bond motifs is 1. The van der Waals surface area contributed by atoms with Crippen LogP contribution in [-0.4, -0.2) is 26.5 Å². The molecule has 0 aliphatic heterocycles. The van der Waals surface area contributed by atoms with Gasteiger partial charge in [-0.1, -0.05) is 24.3 Å². The average molecular weight is 448 g/mol. The Balaban J connectivity index is 1.76. The Bertz CT molecular complexity index is 1280. The van der Waals surface area contributed by atoms with E-state index >= 15 is 0 Å². The summed E-state index contributed by atoms with van der Waals surface area (Å²) in [7, 11) is -4.39. The number of sulfonamides is 1. The van der Waals surface area contributed by atoms with Gasteiger partial charge in [-0.25, -0.2) is 18.1 Å². The van der Waals surface area contributed by atoms with Gasteiger partial charge in [0.1, 0.15) is 11.9 Å². The Morgan fingerprint density at radius 3 is 2.48 bits per heavy atom. The molecule has 0 amide bonds. The highest BCUT2D eigenvalue weighted by Crippen LogP contribution is 2.33. The maximum Gasteiger partial charge on any atom is 0.417 e. The van der Waals surface area contributed by atoms with E-state index < -0.39 is 26.7 Å². The third-order valence-electron chi connectivity index (χ3n) is 4.82. The fourth-order valence-electron chi connectivity index (χ4n) is 3.08. The normalized spacial score (nSPS) is 12.0. The predicted molar refractivity (Wildman–Crippen MR) is 111 cm³/mol. The highest BCUT2D eigenvalue weighted by Gasteiger charge is 2.36. The Morgan fingerprint density at radius 1 is 1.10 bits per heavy atom. The van der Waals surface area contributed by atoms with Crippen LogP contribution in [0.4, 0.5) is 19.0 Å². The number of benzene rings is 2. The molecule has 10 heteroatoms. The van der Waals surface area contributed by atoms with Crippen LogP contribution in [0.15, 0.2) is 47.4 Å². The molecule has 0 saturated carbocycles. The molecule has 0 atom stereocenters. The number of nitrogens with one attached hydrogen (secondary N) is 2. The highest BCUT2D eigenvalue weighted by atomic mass is 32.2. The van der Waals surface area contributed by atoms with Gasteiger partial charge in [-0.2, -0.15) is 18.4 Å². The maximum absolute atomic E-state index is 13.1. The van der Waals surface area contributed by atoms with Crippen LogP contribution in [0.5, 0.6) is 0 Å². The van der Waals surface area contributed by atoms with Crippen LogP contribution in [0.25, 0.3) is 10.9 Å². The van der Waals surface area contributed by atoms with Crippen LogP contribution in [0.2, 0.25) is 0 Å². The quantitative estimate of drug-likeness (QED) is 0.553. The lowest BCUT2D eigenvalue weighted by molar-refractivity contribution is -0.139. The smallest absolute Gasteiger partial charge is 0.368 e.